The van der Waals surface area contributed by atoms with E-state index in [0.717, 1.165) is 36.2 Å². The van der Waals surface area contributed by atoms with E-state index in [1.807, 2.05) is 24.5 Å². The Morgan fingerprint density at radius 3 is 2.48 bits per heavy atom. The summed E-state index contributed by atoms with van der Waals surface area (Å²) in [7, 11) is 0. The minimum absolute atomic E-state index is 0.0340. The lowest BCUT2D eigenvalue weighted by molar-refractivity contribution is -0.141. The van der Waals surface area contributed by atoms with Crippen LogP contribution in [-0.2, 0) is 16.0 Å². The number of cyclic esters (lactones) is 1. The first-order valence-corrected chi connectivity index (χ1v) is 9.08. The van der Waals surface area contributed by atoms with E-state index in [9.17, 15) is 4.79 Å². The third-order valence-electron chi connectivity index (χ3n) is 4.74. The number of benzene rings is 1. The molecule has 4 heteroatoms. The average Bonchev–Trinajstić information content (AvgIpc) is 2.93. The SMILES string of the molecule is Cc1ccc(-c2ncc(CC[C@@H]3OC(=O)CC3CC(C)C)cn2)cc1. The minimum Gasteiger partial charge on any atom is -0.462 e. The van der Waals surface area contributed by atoms with E-state index in [0.29, 0.717) is 18.3 Å². The summed E-state index contributed by atoms with van der Waals surface area (Å²) in [5, 5.41) is 0. The molecule has 1 aromatic carbocycles. The molecule has 3 rings (SSSR count). The van der Waals surface area contributed by atoms with Gasteiger partial charge >= 0.3 is 5.97 Å². The van der Waals surface area contributed by atoms with Crippen molar-refractivity contribution in [2.75, 3.05) is 0 Å². The molecule has 0 saturated carbocycles. The second-order valence-electron chi connectivity index (χ2n) is 7.44. The maximum Gasteiger partial charge on any atom is 0.306 e. The fourth-order valence-corrected chi connectivity index (χ4v) is 3.44. The number of rotatable bonds is 6. The quantitative estimate of drug-likeness (QED) is 0.734. The number of nitrogens with zero attached hydrogens (tertiary/aromatic N) is 2. The summed E-state index contributed by atoms with van der Waals surface area (Å²) in [6.45, 7) is 6.45. The number of hydrogen-bond acceptors (Lipinski definition) is 4. The Labute approximate surface area is 149 Å². The Hall–Kier alpha value is -2.23. The summed E-state index contributed by atoms with van der Waals surface area (Å²) in [6.07, 6.45) is 7.08. The van der Waals surface area contributed by atoms with Gasteiger partial charge in [-0.15, -0.1) is 0 Å². The molecular weight excluding hydrogens is 312 g/mol. The number of esters is 1. The number of aromatic nitrogens is 2. The van der Waals surface area contributed by atoms with Gasteiger partial charge in [0.2, 0.25) is 0 Å². The molecule has 1 fully saturated rings. The Morgan fingerprint density at radius 2 is 1.84 bits per heavy atom. The maximum absolute atomic E-state index is 11.6. The molecule has 0 bridgehead atoms. The monoisotopic (exact) mass is 338 g/mol. The van der Waals surface area contributed by atoms with E-state index < -0.39 is 0 Å². The maximum atomic E-state index is 11.6. The van der Waals surface area contributed by atoms with Gasteiger partial charge in [-0.1, -0.05) is 43.7 Å². The van der Waals surface area contributed by atoms with Crippen molar-refractivity contribution in [3.05, 3.63) is 47.8 Å². The average molecular weight is 338 g/mol. The third kappa shape index (κ3) is 4.65. The van der Waals surface area contributed by atoms with Gasteiger partial charge in [-0.3, -0.25) is 4.79 Å². The largest absolute Gasteiger partial charge is 0.462 e. The molecule has 0 aliphatic carbocycles. The van der Waals surface area contributed by atoms with Crippen molar-refractivity contribution >= 4 is 5.97 Å². The summed E-state index contributed by atoms with van der Waals surface area (Å²) < 4.78 is 5.52. The Morgan fingerprint density at radius 1 is 1.16 bits per heavy atom. The molecule has 2 aromatic rings. The van der Waals surface area contributed by atoms with Gasteiger partial charge in [0.15, 0.2) is 5.82 Å². The van der Waals surface area contributed by atoms with Gasteiger partial charge in [0.05, 0.1) is 6.42 Å². The van der Waals surface area contributed by atoms with Crippen LogP contribution in [-0.4, -0.2) is 22.0 Å². The first-order chi connectivity index (χ1) is 12.0. The van der Waals surface area contributed by atoms with Crippen molar-refractivity contribution in [3.63, 3.8) is 0 Å². The smallest absolute Gasteiger partial charge is 0.306 e. The fourth-order valence-electron chi connectivity index (χ4n) is 3.44. The molecule has 1 aliphatic heterocycles. The van der Waals surface area contributed by atoms with Crippen LogP contribution in [0.5, 0.6) is 0 Å². The van der Waals surface area contributed by atoms with Gasteiger partial charge < -0.3 is 4.74 Å². The molecule has 2 heterocycles. The van der Waals surface area contributed by atoms with E-state index in [-0.39, 0.29) is 12.1 Å². The number of carbonyl (C=O) groups excluding carboxylic acids is 1. The van der Waals surface area contributed by atoms with E-state index in [1.165, 1.54) is 5.56 Å². The van der Waals surface area contributed by atoms with Gasteiger partial charge in [0.25, 0.3) is 0 Å². The molecule has 4 nitrogen and oxygen atoms in total. The van der Waals surface area contributed by atoms with Crippen LogP contribution < -0.4 is 0 Å². The van der Waals surface area contributed by atoms with Crippen LogP contribution in [0.3, 0.4) is 0 Å². The van der Waals surface area contributed by atoms with Crippen LogP contribution in [0.1, 0.15) is 44.2 Å². The lowest BCUT2D eigenvalue weighted by Crippen LogP contribution is -2.18. The molecule has 1 unspecified atom stereocenters. The standard InChI is InChI=1S/C21H26N2O2/c1-14(2)10-18-11-20(24)25-19(18)9-6-16-12-22-21(23-13-16)17-7-4-15(3)5-8-17/h4-5,7-8,12-14,18-19H,6,9-11H2,1-3H3/t18?,19-/m0/s1. The molecule has 0 N–H and O–H groups in total. The topological polar surface area (TPSA) is 52.1 Å². The zero-order valence-corrected chi connectivity index (χ0v) is 15.2. The molecule has 132 valence electrons. The molecule has 0 radical (unpaired) electrons. The van der Waals surface area contributed by atoms with Gasteiger partial charge in [0, 0.05) is 23.9 Å². The predicted molar refractivity (Wildman–Crippen MR) is 98.0 cm³/mol. The highest BCUT2D eigenvalue weighted by atomic mass is 16.5. The summed E-state index contributed by atoms with van der Waals surface area (Å²) in [4.78, 5) is 20.6. The van der Waals surface area contributed by atoms with Gasteiger partial charge in [-0.25, -0.2) is 9.97 Å². The van der Waals surface area contributed by atoms with E-state index >= 15 is 0 Å². The van der Waals surface area contributed by atoms with Crippen LogP contribution in [0.4, 0.5) is 0 Å². The highest BCUT2D eigenvalue weighted by molar-refractivity contribution is 5.72. The second-order valence-corrected chi connectivity index (χ2v) is 7.44. The van der Waals surface area contributed by atoms with Crippen molar-refractivity contribution < 1.29 is 9.53 Å². The van der Waals surface area contributed by atoms with Gasteiger partial charge in [-0.05, 0) is 37.7 Å². The molecular formula is C21H26N2O2. The number of carbonyl (C=O) groups is 1. The lowest BCUT2D eigenvalue weighted by atomic mass is 9.89. The zero-order chi connectivity index (χ0) is 17.8. The summed E-state index contributed by atoms with van der Waals surface area (Å²) >= 11 is 0. The van der Waals surface area contributed by atoms with Crippen molar-refractivity contribution in [2.24, 2.45) is 11.8 Å². The Balaban J connectivity index is 1.60. The normalized spacial score (nSPS) is 20.1. The lowest BCUT2D eigenvalue weighted by Gasteiger charge is -2.19. The minimum atomic E-state index is -0.0541. The summed E-state index contributed by atoms with van der Waals surface area (Å²) in [6, 6.07) is 8.21. The van der Waals surface area contributed by atoms with Crippen LogP contribution in [0, 0.1) is 18.8 Å². The molecule has 0 amide bonds. The van der Waals surface area contributed by atoms with Crippen molar-refractivity contribution in [3.8, 4) is 11.4 Å². The second kappa shape index (κ2) is 7.77. The number of aryl methyl sites for hydroxylation is 2. The number of ether oxygens (including phenoxy) is 1. The van der Waals surface area contributed by atoms with E-state index in [1.54, 1.807) is 0 Å². The summed E-state index contributed by atoms with van der Waals surface area (Å²) in [5.41, 5.74) is 3.34. The van der Waals surface area contributed by atoms with Crippen LogP contribution in [0.15, 0.2) is 36.7 Å². The molecule has 0 spiro atoms. The van der Waals surface area contributed by atoms with Crippen LogP contribution in [0.25, 0.3) is 11.4 Å². The van der Waals surface area contributed by atoms with Crippen LogP contribution in [0.2, 0.25) is 0 Å². The Bertz CT molecular complexity index is 708. The van der Waals surface area contributed by atoms with Gasteiger partial charge in [0.1, 0.15) is 6.10 Å². The highest BCUT2D eigenvalue weighted by Crippen LogP contribution is 2.31. The van der Waals surface area contributed by atoms with Crippen molar-refractivity contribution in [2.45, 2.75) is 52.6 Å². The fraction of sp³-hybridized carbons (Fsp3) is 0.476. The van der Waals surface area contributed by atoms with Crippen LogP contribution >= 0.6 is 0 Å². The molecule has 1 saturated heterocycles. The summed E-state index contributed by atoms with van der Waals surface area (Å²) in [5.74, 6) is 1.62. The zero-order valence-electron chi connectivity index (χ0n) is 15.2. The van der Waals surface area contributed by atoms with E-state index in [2.05, 4.69) is 42.9 Å². The molecule has 1 aliphatic rings. The first-order valence-electron chi connectivity index (χ1n) is 9.08. The van der Waals surface area contributed by atoms with Gasteiger partial charge in [-0.2, -0.15) is 0 Å². The molecule has 25 heavy (non-hydrogen) atoms. The molecule has 1 aromatic heterocycles. The molecule has 2 atom stereocenters. The first kappa shape index (κ1) is 17.6. The van der Waals surface area contributed by atoms with E-state index in [4.69, 9.17) is 4.74 Å². The van der Waals surface area contributed by atoms with Crippen molar-refractivity contribution in [1.29, 1.82) is 0 Å². The predicted octanol–water partition coefficient (Wildman–Crippen LogP) is 4.36. The number of hydrogen-bond donors (Lipinski definition) is 0. The Kier molecular flexibility index (Phi) is 5.47. The van der Waals surface area contributed by atoms with Crippen molar-refractivity contribution in [1.82, 2.24) is 9.97 Å². The highest BCUT2D eigenvalue weighted by Gasteiger charge is 2.34. The third-order valence-corrected chi connectivity index (χ3v) is 4.74.